The molecule has 0 radical (unpaired) electrons. The Hall–Kier alpha value is -1.02. The first kappa shape index (κ1) is 11.1. The van der Waals surface area contributed by atoms with E-state index in [1.165, 1.54) is 5.56 Å². The highest BCUT2D eigenvalue weighted by Gasteiger charge is 2.04. The molecule has 2 nitrogen and oxygen atoms in total. The summed E-state index contributed by atoms with van der Waals surface area (Å²) in [5.74, 6) is 1.40. The van der Waals surface area contributed by atoms with E-state index in [1.807, 2.05) is 12.1 Å². The molecule has 0 saturated carbocycles. The molecule has 1 aromatic carbocycles. The molecule has 0 aliphatic carbocycles. The van der Waals surface area contributed by atoms with Crippen molar-refractivity contribution in [1.82, 2.24) is 0 Å². The Labute approximate surface area is 85.5 Å². The highest BCUT2D eigenvalue weighted by Crippen LogP contribution is 2.21. The molecule has 1 rings (SSSR count). The lowest BCUT2D eigenvalue weighted by Gasteiger charge is -2.10. The van der Waals surface area contributed by atoms with Crippen molar-refractivity contribution in [2.45, 2.75) is 26.9 Å². The topological polar surface area (TPSA) is 29.5 Å². The van der Waals surface area contributed by atoms with Crippen LogP contribution in [0.4, 0.5) is 0 Å². The van der Waals surface area contributed by atoms with Gasteiger partial charge in [0.05, 0.1) is 13.7 Å². The van der Waals surface area contributed by atoms with E-state index in [0.717, 1.165) is 17.7 Å². The zero-order chi connectivity index (χ0) is 10.6. The highest BCUT2D eigenvalue weighted by atomic mass is 16.5. The average Bonchev–Trinajstić information content (AvgIpc) is 2.16. The minimum absolute atomic E-state index is 0.0368. The van der Waals surface area contributed by atoms with Crippen molar-refractivity contribution in [3.8, 4) is 5.75 Å². The van der Waals surface area contributed by atoms with Crippen molar-refractivity contribution in [3.63, 3.8) is 0 Å². The van der Waals surface area contributed by atoms with Gasteiger partial charge in [-0.25, -0.2) is 0 Å². The lowest BCUT2D eigenvalue weighted by Crippen LogP contribution is -1.97. The Balaban J connectivity index is 2.89. The maximum Gasteiger partial charge on any atom is 0.124 e. The molecule has 0 aromatic heterocycles. The Kier molecular flexibility index (Phi) is 3.96. The van der Waals surface area contributed by atoms with Gasteiger partial charge in [-0.05, 0) is 30.0 Å². The Bertz CT molecular complexity index is 292. The normalized spacial score (nSPS) is 10.6. The van der Waals surface area contributed by atoms with Gasteiger partial charge in [-0.1, -0.05) is 19.9 Å². The second-order valence-corrected chi connectivity index (χ2v) is 3.90. The second-order valence-electron chi connectivity index (χ2n) is 3.90. The van der Waals surface area contributed by atoms with Crippen LogP contribution in [0.3, 0.4) is 0 Å². The van der Waals surface area contributed by atoms with Crippen LogP contribution in [0, 0.1) is 5.92 Å². The smallest absolute Gasteiger partial charge is 0.124 e. The summed E-state index contributed by atoms with van der Waals surface area (Å²) < 4.78 is 5.14. The van der Waals surface area contributed by atoms with Crippen LogP contribution in [0.1, 0.15) is 25.0 Å². The molecule has 0 atom stereocenters. The number of hydrogen-bond acceptors (Lipinski definition) is 2. The molecule has 0 amide bonds. The maximum absolute atomic E-state index is 9.13. The maximum atomic E-state index is 9.13. The van der Waals surface area contributed by atoms with E-state index < -0.39 is 0 Å². The lowest BCUT2D eigenvalue weighted by atomic mass is 10.0. The van der Waals surface area contributed by atoms with Crippen LogP contribution in [0.15, 0.2) is 18.2 Å². The standard InChI is InChI=1S/C12H18O2/c1-9(2)6-10-4-5-12(14-3)11(7-10)8-13/h4-5,7,9,13H,6,8H2,1-3H3. The Morgan fingerprint density at radius 1 is 1.36 bits per heavy atom. The Morgan fingerprint density at radius 3 is 2.57 bits per heavy atom. The quantitative estimate of drug-likeness (QED) is 0.797. The number of hydrogen-bond donors (Lipinski definition) is 1. The summed E-state index contributed by atoms with van der Waals surface area (Å²) in [6, 6.07) is 5.99. The number of rotatable bonds is 4. The number of aliphatic hydroxyl groups is 1. The van der Waals surface area contributed by atoms with Gasteiger partial charge in [-0.3, -0.25) is 0 Å². The number of methoxy groups -OCH3 is 1. The molecule has 0 heterocycles. The van der Waals surface area contributed by atoms with Gasteiger partial charge in [0.25, 0.3) is 0 Å². The summed E-state index contributed by atoms with van der Waals surface area (Å²) in [4.78, 5) is 0. The van der Waals surface area contributed by atoms with Gasteiger partial charge in [0, 0.05) is 5.56 Å². The average molecular weight is 194 g/mol. The minimum atomic E-state index is 0.0368. The molecule has 0 fully saturated rings. The molecule has 0 aliphatic heterocycles. The van der Waals surface area contributed by atoms with E-state index in [-0.39, 0.29) is 6.61 Å². The van der Waals surface area contributed by atoms with E-state index in [1.54, 1.807) is 7.11 Å². The summed E-state index contributed by atoms with van der Waals surface area (Å²) in [5.41, 5.74) is 2.12. The molecular weight excluding hydrogens is 176 g/mol. The third kappa shape index (κ3) is 2.74. The van der Waals surface area contributed by atoms with E-state index in [4.69, 9.17) is 9.84 Å². The van der Waals surface area contributed by atoms with Gasteiger partial charge >= 0.3 is 0 Å². The first-order valence-electron chi connectivity index (χ1n) is 4.94. The van der Waals surface area contributed by atoms with Crippen molar-refractivity contribution in [2.75, 3.05) is 7.11 Å². The number of aliphatic hydroxyl groups excluding tert-OH is 1. The molecule has 0 unspecified atom stereocenters. The summed E-state index contributed by atoms with van der Waals surface area (Å²) >= 11 is 0. The Morgan fingerprint density at radius 2 is 2.07 bits per heavy atom. The summed E-state index contributed by atoms with van der Waals surface area (Å²) in [6.07, 6.45) is 1.04. The molecule has 0 aliphatic rings. The molecule has 0 bridgehead atoms. The monoisotopic (exact) mass is 194 g/mol. The van der Waals surface area contributed by atoms with E-state index in [0.29, 0.717) is 5.92 Å². The second kappa shape index (κ2) is 5.01. The van der Waals surface area contributed by atoms with Gasteiger partial charge in [0.1, 0.15) is 5.75 Å². The molecular formula is C12H18O2. The fourth-order valence-corrected chi connectivity index (χ4v) is 1.55. The van der Waals surface area contributed by atoms with Gasteiger partial charge in [0.15, 0.2) is 0 Å². The van der Waals surface area contributed by atoms with Crippen molar-refractivity contribution in [1.29, 1.82) is 0 Å². The third-order valence-electron chi connectivity index (χ3n) is 2.16. The van der Waals surface area contributed by atoms with Gasteiger partial charge < -0.3 is 9.84 Å². The fraction of sp³-hybridized carbons (Fsp3) is 0.500. The SMILES string of the molecule is COc1ccc(CC(C)C)cc1CO. The van der Waals surface area contributed by atoms with Crippen molar-refractivity contribution in [3.05, 3.63) is 29.3 Å². The van der Waals surface area contributed by atoms with Gasteiger partial charge in [-0.15, -0.1) is 0 Å². The molecule has 1 aromatic rings. The number of benzene rings is 1. The summed E-state index contributed by atoms with van der Waals surface area (Å²) in [5, 5.41) is 9.13. The van der Waals surface area contributed by atoms with Crippen molar-refractivity contribution in [2.24, 2.45) is 5.92 Å². The molecule has 1 N–H and O–H groups in total. The summed E-state index contributed by atoms with van der Waals surface area (Å²) in [6.45, 7) is 4.40. The van der Waals surface area contributed by atoms with Crippen LogP contribution in [0.5, 0.6) is 5.75 Å². The van der Waals surface area contributed by atoms with Crippen LogP contribution < -0.4 is 4.74 Å². The molecule has 78 valence electrons. The largest absolute Gasteiger partial charge is 0.496 e. The van der Waals surface area contributed by atoms with Crippen LogP contribution in [0.2, 0.25) is 0 Å². The van der Waals surface area contributed by atoms with E-state index >= 15 is 0 Å². The predicted molar refractivity (Wildman–Crippen MR) is 57.5 cm³/mol. The number of ether oxygens (including phenoxy) is 1. The van der Waals surface area contributed by atoms with Gasteiger partial charge in [0.2, 0.25) is 0 Å². The molecule has 0 spiro atoms. The first-order valence-corrected chi connectivity index (χ1v) is 4.94. The zero-order valence-corrected chi connectivity index (χ0v) is 9.08. The van der Waals surface area contributed by atoms with Gasteiger partial charge in [-0.2, -0.15) is 0 Å². The molecule has 14 heavy (non-hydrogen) atoms. The predicted octanol–water partition coefficient (Wildman–Crippen LogP) is 2.39. The van der Waals surface area contributed by atoms with Crippen molar-refractivity contribution < 1.29 is 9.84 Å². The third-order valence-corrected chi connectivity index (χ3v) is 2.16. The van der Waals surface area contributed by atoms with Crippen LogP contribution >= 0.6 is 0 Å². The highest BCUT2D eigenvalue weighted by molar-refractivity contribution is 5.36. The molecule has 0 saturated heterocycles. The van der Waals surface area contributed by atoms with E-state index in [9.17, 15) is 0 Å². The van der Waals surface area contributed by atoms with Crippen molar-refractivity contribution >= 4 is 0 Å². The van der Waals surface area contributed by atoms with E-state index in [2.05, 4.69) is 19.9 Å². The fourth-order valence-electron chi connectivity index (χ4n) is 1.55. The lowest BCUT2D eigenvalue weighted by molar-refractivity contribution is 0.273. The minimum Gasteiger partial charge on any atom is -0.496 e. The van der Waals surface area contributed by atoms with Crippen LogP contribution in [-0.2, 0) is 13.0 Å². The molecule has 2 heteroatoms. The van der Waals surface area contributed by atoms with Crippen LogP contribution in [-0.4, -0.2) is 12.2 Å². The van der Waals surface area contributed by atoms with Crippen LogP contribution in [0.25, 0.3) is 0 Å². The summed E-state index contributed by atoms with van der Waals surface area (Å²) in [7, 11) is 1.62. The zero-order valence-electron chi connectivity index (χ0n) is 9.08. The first-order chi connectivity index (χ1) is 6.67.